The Morgan fingerprint density at radius 2 is 1.10 bits per heavy atom. The van der Waals surface area contributed by atoms with Gasteiger partial charge in [0.1, 0.15) is 0 Å². The standard InChI is InChI=1S/C18H32N4O6S2/c19-15-1-3-16(4-2-15)22(13-17(23)20-5-9-29(25,26)10-6-20)14-18(24)21-7-11-30(27,28)12-8-21/h15-16H,1-14,19H2/t15-,16-. The lowest BCUT2D eigenvalue weighted by atomic mass is 9.90. The first-order chi connectivity index (χ1) is 14.0. The summed E-state index contributed by atoms with van der Waals surface area (Å²) in [5.41, 5.74) is 6.00. The minimum atomic E-state index is -3.08. The van der Waals surface area contributed by atoms with E-state index in [1.165, 1.54) is 0 Å². The van der Waals surface area contributed by atoms with Gasteiger partial charge >= 0.3 is 0 Å². The summed E-state index contributed by atoms with van der Waals surface area (Å²) in [4.78, 5) is 30.6. The van der Waals surface area contributed by atoms with Crippen molar-refractivity contribution in [2.24, 2.45) is 5.73 Å². The molecule has 2 N–H and O–H groups in total. The first-order valence-electron chi connectivity index (χ1n) is 10.5. The van der Waals surface area contributed by atoms with Gasteiger partial charge in [0.15, 0.2) is 19.7 Å². The summed E-state index contributed by atoms with van der Waals surface area (Å²) in [6, 6.07) is 0.189. The zero-order valence-corrected chi connectivity index (χ0v) is 18.9. The van der Waals surface area contributed by atoms with Crippen LogP contribution in [0.2, 0.25) is 0 Å². The van der Waals surface area contributed by atoms with E-state index in [4.69, 9.17) is 5.73 Å². The highest BCUT2D eigenvalue weighted by Gasteiger charge is 2.33. The van der Waals surface area contributed by atoms with Gasteiger partial charge in [-0.05, 0) is 25.7 Å². The van der Waals surface area contributed by atoms with Gasteiger partial charge in [-0.2, -0.15) is 0 Å². The third-order valence-corrected chi connectivity index (χ3v) is 9.55. The molecule has 3 aliphatic rings. The van der Waals surface area contributed by atoms with Crippen LogP contribution < -0.4 is 5.73 Å². The molecule has 0 radical (unpaired) electrons. The second-order valence-corrected chi connectivity index (χ2v) is 13.1. The number of rotatable bonds is 5. The van der Waals surface area contributed by atoms with Crippen LogP contribution in [0.15, 0.2) is 0 Å². The van der Waals surface area contributed by atoms with E-state index in [1.807, 2.05) is 4.90 Å². The molecule has 0 bridgehead atoms. The van der Waals surface area contributed by atoms with Crippen LogP contribution in [0.3, 0.4) is 0 Å². The van der Waals surface area contributed by atoms with Gasteiger partial charge in [0.05, 0.1) is 36.1 Å². The molecule has 1 saturated carbocycles. The third kappa shape index (κ3) is 6.38. The van der Waals surface area contributed by atoms with E-state index in [0.717, 1.165) is 25.7 Å². The lowest BCUT2D eigenvalue weighted by Crippen LogP contribution is -2.54. The van der Waals surface area contributed by atoms with Crippen molar-refractivity contribution in [1.82, 2.24) is 14.7 Å². The molecule has 10 nitrogen and oxygen atoms in total. The van der Waals surface area contributed by atoms with Crippen LogP contribution in [-0.4, -0.2) is 118 Å². The van der Waals surface area contributed by atoms with E-state index in [1.54, 1.807) is 9.80 Å². The van der Waals surface area contributed by atoms with Crippen molar-refractivity contribution in [3.63, 3.8) is 0 Å². The molecule has 2 amide bonds. The van der Waals surface area contributed by atoms with Crippen LogP contribution >= 0.6 is 0 Å². The van der Waals surface area contributed by atoms with Gasteiger partial charge in [0.25, 0.3) is 0 Å². The average molecular weight is 465 g/mol. The highest BCUT2D eigenvalue weighted by molar-refractivity contribution is 7.91. The van der Waals surface area contributed by atoms with E-state index >= 15 is 0 Å². The molecule has 12 heteroatoms. The number of hydrogen-bond donors (Lipinski definition) is 1. The minimum Gasteiger partial charge on any atom is -0.340 e. The first kappa shape index (κ1) is 23.4. The first-order valence-corrected chi connectivity index (χ1v) is 14.1. The SMILES string of the molecule is N[C@H]1CC[C@H](N(CC(=O)N2CCS(=O)(=O)CC2)CC(=O)N2CCS(=O)(=O)CC2)CC1. The number of amides is 2. The summed E-state index contributed by atoms with van der Waals surface area (Å²) in [7, 11) is -6.16. The van der Waals surface area contributed by atoms with E-state index in [9.17, 15) is 26.4 Å². The largest absolute Gasteiger partial charge is 0.340 e. The molecule has 0 spiro atoms. The summed E-state index contributed by atoms with van der Waals surface area (Å²) in [6.07, 6.45) is 3.25. The molecule has 0 aromatic carbocycles. The fourth-order valence-electron chi connectivity index (χ4n) is 4.25. The normalized spacial score (nSPS) is 29.0. The molecule has 2 aliphatic heterocycles. The topological polar surface area (TPSA) is 138 Å². The molecule has 2 saturated heterocycles. The highest BCUT2D eigenvalue weighted by atomic mass is 32.2. The molecule has 0 unspecified atom stereocenters. The summed E-state index contributed by atoms with van der Waals surface area (Å²) in [6.45, 7) is 0.839. The molecule has 0 aromatic heterocycles. The fraction of sp³-hybridized carbons (Fsp3) is 0.889. The molecule has 0 aromatic rings. The van der Waals surface area contributed by atoms with E-state index in [0.29, 0.717) is 0 Å². The lowest BCUT2D eigenvalue weighted by Gasteiger charge is -2.38. The number of nitrogens with two attached hydrogens (primary N) is 1. The Morgan fingerprint density at radius 3 is 1.47 bits per heavy atom. The van der Waals surface area contributed by atoms with Gasteiger partial charge in [-0.25, -0.2) is 16.8 Å². The van der Waals surface area contributed by atoms with Crippen molar-refractivity contribution in [3.8, 4) is 0 Å². The third-order valence-electron chi connectivity index (χ3n) is 6.33. The van der Waals surface area contributed by atoms with E-state index in [-0.39, 0.29) is 86.2 Å². The molecule has 0 atom stereocenters. The van der Waals surface area contributed by atoms with Gasteiger partial charge < -0.3 is 15.5 Å². The van der Waals surface area contributed by atoms with Gasteiger partial charge in [0, 0.05) is 38.3 Å². The smallest absolute Gasteiger partial charge is 0.236 e. The van der Waals surface area contributed by atoms with Crippen molar-refractivity contribution in [2.45, 2.75) is 37.8 Å². The van der Waals surface area contributed by atoms with Crippen molar-refractivity contribution < 1.29 is 26.4 Å². The minimum absolute atomic E-state index is 0.0296. The van der Waals surface area contributed by atoms with Crippen molar-refractivity contribution in [2.75, 3.05) is 62.3 Å². The Morgan fingerprint density at radius 1 is 0.733 bits per heavy atom. The second-order valence-electron chi connectivity index (χ2n) is 8.54. The van der Waals surface area contributed by atoms with Gasteiger partial charge in [-0.3, -0.25) is 14.5 Å². The predicted molar refractivity (Wildman–Crippen MR) is 112 cm³/mol. The molecule has 3 rings (SSSR count). The summed E-state index contributed by atoms with van der Waals surface area (Å²) < 4.78 is 46.5. The van der Waals surface area contributed by atoms with Gasteiger partial charge in [-0.15, -0.1) is 0 Å². The maximum absolute atomic E-state index is 12.8. The van der Waals surface area contributed by atoms with E-state index < -0.39 is 19.7 Å². The van der Waals surface area contributed by atoms with Gasteiger partial charge in [0.2, 0.25) is 11.8 Å². The number of carbonyl (C=O) groups is 2. The van der Waals surface area contributed by atoms with Crippen molar-refractivity contribution in [3.05, 3.63) is 0 Å². The van der Waals surface area contributed by atoms with Crippen molar-refractivity contribution in [1.29, 1.82) is 0 Å². The lowest BCUT2D eigenvalue weighted by molar-refractivity contribution is -0.136. The number of nitrogens with zero attached hydrogens (tertiary/aromatic N) is 3. The second kappa shape index (κ2) is 9.49. The Kier molecular flexibility index (Phi) is 7.41. The molecule has 2 heterocycles. The Labute approximate surface area is 178 Å². The zero-order chi connectivity index (χ0) is 21.9. The van der Waals surface area contributed by atoms with Crippen LogP contribution in [0.1, 0.15) is 25.7 Å². The Balaban J connectivity index is 1.63. The summed E-state index contributed by atoms with van der Waals surface area (Å²) >= 11 is 0. The molecule has 30 heavy (non-hydrogen) atoms. The molecule has 172 valence electrons. The summed E-state index contributed by atoms with van der Waals surface area (Å²) in [5, 5.41) is 0. The Hall–Kier alpha value is -1.24. The van der Waals surface area contributed by atoms with Crippen molar-refractivity contribution >= 4 is 31.5 Å². The molecular weight excluding hydrogens is 432 g/mol. The van der Waals surface area contributed by atoms with Crippen LogP contribution in [0.4, 0.5) is 0 Å². The number of hydrogen-bond acceptors (Lipinski definition) is 8. The highest BCUT2D eigenvalue weighted by Crippen LogP contribution is 2.23. The van der Waals surface area contributed by atoms with Crippen LogP contribution in [0, 0.1) is 0 Å². The molecule has 1 aliphatic carbocycles. The monoisotopic (exact) mass is 464 g/mol. The quantitative estimate of drug-likeness (QED) is 0.497. The Bertz CT molecular complexity index is 764. The average Bonchev–Trinajstić information content (AvgIpc) is 2.67. The van der Waals surface area contributed by atoms with Crippen LogP contribution in [-0.2, 0) is 29.3 Å². The fourth-order valence-corrected chi connectivity index (χ4v) is 6.65. The molecule has 3 fully saturated rings. The maximum atomic E-state index is 12.8. The summed E-state index contributed by atoms with van der Waals surface area (Å²) in [5.74, 6) is -0.463. The predicted octanol–water partition coefficient (Wildman–Crippen LogP) is -1.93. The molecular formula is C18H32N4O6S2. The van der Waals surface area contributed by atoms with Crippen LogP contribution in [0.5, 0.6) is 0 Å². The number of sulfone groups is 2. The zero-order valence-electron chi connectivity index (χ0n) is 17.2. The maximum Gasteiger partial charge on any atom is 0.236 e. The number of carbonyl (C=O) groups excluding carboxylic acids is 2. The van der Waals surface area contributed by atoms with Crippen LogP contribution in [0.25, 0.3) is 0 Å². The van der Waals surface area contributed by atoms with E-state index in [2.05, 4.69) is 0 Å². The van der Waals surface area contributed by atoms with Gasteiger partial charge in [-0.1, -0.05) is 0 Å².